The lowest BCUT2D eigenvalue weighted by atomic mass is 10.1. The third-order valence-corrected chi connectivity index (χ3v) is 4.14. The van der Waals surface area contributed by atoms with Gasteiger partial charge in [-0.3, -0.25) is 0 Å². The van der Waals surface area contributed by atoms with Crippen LogP contribution in [0.1, 0.15) is 5.56 Å². The summed E-state index contributed by atoms with van der Waals surface area (Å²) in [5.74, 6) is -0.0299. The van der Waals surface area contributed by atoms with Gasteiger partial charge in [-0.05, 0) is 23.8 Å². The molecule has 0 aromatic heterocycles. The van der Waals surface area contributed by atoms with Crippen molar-refractivity contribution in [3.63, 3.8) is 0 Å². The quantitative estimate of drug-likeness (QED) is 0.342. The Morgan fingerprint density at radius 3 is 2.14 bits per heavy atom. The van der Waals surface area contributed by atoms with Crippen molar-refractivity contribution in [2.75, 3.05) is 13.2 Å². The third kappa shape index (κ3) is 5.24. The molecule has 0 amide bonds. The van der Waals surface area contributed by atoms with E-state index in [0.29, 0.717) is 17.9 Å². The molecule has 0 bridgehead atoms. The zero-order valence-corrected chi connectivity index (χ0v) is 15.6. The first-order valence-electron chi connectivity index (χ1n) is 9.03. The van der Waals surface area contributed by atoms with Gasteiger partial charge in [0.25, 0.3) is 0 Å². The van der Waals surface area contributed by atoms with Crippen LogP contribution in [-0.2, 0) is 4.79 Å². The number of hydrogen-bond donors (Lipinski definition) is 1. The largest absolute Gasteiger partial charge is 0.489 e. The average Bonchev–Trinajstić information content (AvgIpc) is 2.76. The van der Waals surface area contributed by atoms with Gasteiger partial charge in [-0.25, -0.2) is 4.79 Å². The van der Waals surface area contributed by atoms with E-state index in [1.807, 2.05) is 54.6 Å². The number of carbonyl (C=O) groups is 1. The lowest BCUT2D eigenvalue weighted by molar-refractivity contribution is -0.132. The molecule has 0 saturated heterocycles. The third-order valence-electron chi connectivity index (χ3n) is 4.14. The number of nitrogens with zero attached hydrogens (tertiary/aromatic N) is 1. The molecule has 0 aliphatic carbocycles. The molecule has 0 spiro atoms. The summed E-state index contributed by atoms with van der Waals surface area (Å²) in [5.41, 5.74) is 2.24. The van der Waals surface area contributed by atoms with Crippen LogP contribution in [0.3, 0.4) is 0 Å². The van der Waals surface area contributed by atoms with Gasteiger partial charge in [0.15, 0.2) is 0 Å². The number of aliphatic carboxylic acids is 1. The highest BCUT2D eigenvalue weighted by Crippen LogP contribution is 2.29. The summed E-state index contributed by atoms with van der Waals surface area (Å²) in [5, 5.41) is 18.0. The van der Waals surface area contributed by atoms with Crippen LogP contribution >= 0.6 is 0 Å². The molecule has 29 heavy (non-hydrogen) atoms. The number of ether oxygens (including phenoxy) is 2. The van der Waals surface area contributed by atoms with Crippen molar-refractivity contribution in [2.45, 2.75) is 0 Å². The molecule has 0 unspecified atom stereocenters. The van der Waals surface area contributed by atoms with E-state index in [1.165, 1.54) is 6.08 Å². The fourth-order valence-corrected chi connectivity index (χ4v) is 2.78. The minimum atomic E-state index is -1.27. The van der Waals surface area contributed by atoms with Gasteiger partial charge < -0.3 is 14.6 Å². The Bertz CT molecular complexity index is 1050. The molecule has 0 fully saturated rings. The number of hydrogen-bond acceptors (Lipinski definition) is 4. The molecular formula is C24H19NO4. The normalized spacial score (nSPS) is 10.8. The number of para-hydroxylation sites is 2. The lowest BCUT2D eigenvalue weighted by Crippen LogP contribution is -2.10. The zero-order valence-electron chi connectivity index (χ0n) is 15.6. The van der Waals surface area contributed by atoms with Gasteiger partial charge >= 0.3 is 5.97 Å². The SMILES string of the molecule is N#CC(=Cc1ccccc1OCCOc1ccccc1-c1ccccc1)C(=O)O. The van der Waals surface area contributed by atoms with Crippen LogP contribution in [0.25, 0.3) is 17.2 Å². The van der Waals surface area contributed by atoms with Crippen molar-refractivity contribution in [1.29, 1.82) is 5.26 Å². The molecule has 5 nitrogen and oxygen atoms in total. The van der Waals surface area contributed by atoms with E-state index >= 15 is 0 Å². The number of nitriles is 1. The highest BCUT2D eigenvalue weighted by atomic mass is 16.5. The Morgan fingerprint density at radius 2 is 1.45 bits per heavy atom. The van der Waals surface area contributed by atoms with Crippen LogP contribution < -0.4 is 9.47 Å². The van der Waals surface area contributed by atoms with Crippen molar-refractivity contribution in [2.24, 2.45) is 0 Å². The number of carboxylic acids is 1. The first-order chi connectivity index (χ1) is 14.2. The van der Waals surface area contributed by atoms with Gasteiger partial charge in [0, 0.05) is 11.1 Å². The summed E-state index contributed by atoms with van der Waals surface area (Å²) in [6, 6.07) is 26.4. The minimum Gasteiger partial charge on any atom is -0.489 e. The molecule has 1 N–H and O–H groups in total. The topological polar surface area (TPSA) is 79.5 Å². The first-order valence-corrected chi connectivity index (χ1v) is 9.03. The zero-order chi connectivity index (χ0) is 20.5. The Morgan fingerprint density at radius 1 is 0.862 bits per heavy atom. The Kier molecular flexibility index (Phi) is 6.64. The van der Waals surface area contributed by atoms with Gasteiger partial charge in [-0.15, -0.1) is 0 Å². The fourth-order valence-electron chi connectivity index (χ4n) is 2.78. The molecule has 5 heteroatoms. The van der Waals surface area contributed by atoms with E-state index < -0.39 is 5.97 Å². The smallest absolute Gasteiger partial charge is 0.346 e. The summed E-state index contributed by atoms with van der Waals surface area (Å²) >= 11 is 0. The van der Waals surface area contributed by atoms with Crippen molar-refractivity contribution < 1.29 is 19.4 Å². The highest BCUT2D eigenvalue weighted by Gasteiger charge is 2.09. The lowest BCUT2D eigenvalue weighted by Gasteiger charge is -2.13. The van der Waals surface area contributed by atoms with Crippen LogP contribution in [0.15, 0.2) is 84.4 Å². The van der Waals surface area contributed by atoms with Gasteiger partial charge in [0.05, 0.1) is 0 Å². The van der Waals surface area contributed by atoms with Crippen LogP contribution in [0.2, 0.25) is 0 Å². The molecule has 0 atom stereocenters. The molecule has 3 aromatic rings. The maximum Gasteiger partial charge on any atom is 0.346 e. The van der Waals surface area contributed by atoms with E-state index in [0.717, 1.165) is 16.9 Å². The molecular weight excluding hydrogens is 366 g/mol. The van der Waals surface area contributed by atoms with Crippen LogP contribution in [0, 0.1) is 11.3 Å². The number of rotatable bonds is 8. The van der Waals surface area contributed by atoms with Crippen LogP contribution in [0.5, 0.6) is 11.5 Å². The average molecular weight is 385 g/mol. The van der Waals surface area contributed by atoms with Crippen molar-refractivity contribution in [3.05, 3.63) is 90.0 Å². The fraction of sp³-hybridized carbons (Fsp3) is 0.0833. The van der Waals surface area contributed by atoms with Crippen LogP contribution in [-0.4, -0.2) is 24.3 Å². The predicted octanol–water partition coefficient (Wildman–Crippen LogP) is 4.80. The van der Waals surface area contributed by atoms with E-state index in [9.17, 15) is 4.79 Å². The summed E-state index contributed by atoms with van der Waals surface area (Å²) < 4.78 is 11.7. The predicted molar refractivity (Wildman–Crippen MR) is 111 cm³/mol. The molecule has 0 radical (unpaired) electrons. The summed E-state index contributed by atoms with van der Waals surface area (Å²) in [6.45, 7) is 0.578. The van der Waals surface area contributed by atoms with E-state index in [2.05, 4.69) is 0 Å². The molecule has 0 heterocycles. The van der Waals surface area contributed by atoms with E-state index in [4.69, 9.17) is 19.8 Å². The molecule has 0 aliphatic rings. The van der Waals surface area contributed by atoms with Gasteiger partial charge in [0.2, 0.25) is 0 Å². The summed E-state index contributed by atoms with van der Waals surface area (Å²) in [7, 11) is 0. The number of benzene rings is 3. The monoisotopic (exact) mass is 385 g/mol. The van der Waals surface area contributed by atoms with Gasteiger partial charge in [-0.1, -0.05) is 66.7 Å². The highest BCUT2D eigenvalue weighted by molar-refractivity contribution is 5.96. The first kappa shape index (κ1) is 19.7. The van der Waals surface area contributed by atoms with Crippen LogP contribution in [0.4, 0.5) is 0 Å². The number of carboxylic acid groups (broad SMARTS) is 1. The van der Waals surface area contributed by atoms with Gasteiger partial charge in [-0.2, -0.15) is 5.26 Å². The maximum atomic E-state index is 11.1. The van der Waals surface area contributed by atoms with E-state index in [1.54, 1.807) is 30.3 Å². The second-order valence-electron chi connectivity index (χ2n) is 6.07. The molecule has 3 rings (SSSR count). The second kappa shape index (κ2) is 9.77. The Hall–Kier alpha value is -4.04. The Labute approximate surface area is 169 Å². The second-order valence-corrected chi connectivity index (χ2v) is 6.07. The van der Waals surface area contributed by atoms with Crippen molar-refractivity contribution in [3.8, 4) is 28.7 Å². The van der Waals surface area contributed by atoms with Crippen molar-refractivity contribution >= 4 is 12.0 Å². The summed E-state index contributed by atoms with van der Waals surface area (Å²) in [6.07, 6.45) is 1.29. The molecule has 144 valence electrons. The Balaban J connectivity index is 1.66. The molecule has 3 aromatic carbocycles. The molecule has 0 aliphatic heterocycles. The summed E-state index contributed by atoms with van der Waals surface area (Å²) in [4.78, 5) is 11.1. The van der Waals surface area contributed by atoms with Gasteiger partial charge in [0.1, 0.15) is 36.4 Å². The standard InChI is InChI=1S/C24H19NO4/c25-17-20(24(26)27)16-19-10-4-6-12-22(19)28-14-15-29-23-13-7-5-11-21(23)18-8-2-1-3-9-18/h1-13,16H,14-15H2,(H,26,27). The van der Waals surface area contributed by atoms with E-state index in [-0.39, 0.29) is 12.2 Å². The molecule has 0 saturated carbocycles. The minimum absolute atomic E-state index is 0.267. The van der Waals surface area contributed by atoms with Crippen molar-refractivity contribution in [1.82, 2.24) is 0 Å². The maximum absolute atomic E-state index is 11.1.